The first-order valence-electron chi connectivity index (χ1n) is 7.00. The minimum atomic E-state index is -0.418. The lowest BCUT2D eigenvalue weighted by Gasteiger charge is -2.34. The minimum Gasteiger partial charge on any atom is -0.388 e. The molecule has 1 atom stereocenters. The number of aliphatic hydroxyl groups is 1. The summed E-state index contributed by atoms with van der Waals surface area (Å²) < 4.78 is 0. The molecule has 1 saturated heterocycles. The second-order valence-electron chi connectivity index (χ2n) is 6.77. The summed E-state index contributed by atoms with van der Waals surface area (Å²) in [5.41, 5.74) is 0.148. The summed E-state index contributed by atoms with van der Waals surface area (Å²) in [5.74, 6) is 2.87. The molecule has 0 aromatic rings. The van der Waals surface area contributed by atoms with E-state index in [1.807, 2.05) is 11.8 Å². The van der Waals surface area contributed by atoms with Gasteiger partial charge in [0.25, 0.3) is 0 Å². The van der Waals surface area contributed by atoms with Crippen LogP contribution in [0.4, 0.5) is 0 Å². The maximum absolute atomic E-state index is 10.2. The fourth-order valence-electron chi connectivity index (χ4n) is 2.91. The SMILES string of the molecule is CC1(C)CCC(CNCC2(O)CCSC2)CC1. The van der Waals surface area contributed by atoms with Crippen LogP contribution < -0.4 is 5.32 Å². The third kappa shape index (κ3) is 4.15. The lowest BCUT2D eigenvalue weighted by atomic mass is 9.73. The summed E-state index contributed by atoms with van der Waals surface area (Å²) in [6.45, 7) is 6.66. The van der Waals surface area contributed by atoms with Crippen molar-refractivity contribution in [1.29, 1.82) is 0 Å². The molecule has 2 aliphatic rings. The van der Waals surface area contributed by atoms with Crippen LogP contribution in [0.1, 0.15) is 46.0 Å². The number of rotatable bonds is 4. The Morgan fingerprint density at radius 2 is 1.94 bits per heavy atom. The summed E-state index contributed by atoms with van der Waals surface area (Å²) in [4.78, 5) is 0. The van der Waals surface area contributed by atoms with Crippen molar-refractivity contribution in [3.8, 4) is 0 Å². The Morgan fingerprint density at radius 3 is 2.53 bits per heavy atom. The van der Waals surface area contributed by atoms with Crippen LogP contribution in [0, 0.1) is 11.3 Å². The van der Waals surface area contributed by atoms with E-state index in [2.05, 4.69) is 19.2 Å². The molecule has 100 valence electrons. The first kappa shape index (κ1) is 13.7. The number of thioether (sulfide) groups is 1. The highest BCUT2D eigenvalue weighted by atomic mass is 32.2. The molecule has 0 amide bonds. The number of hydrogen-bond donors (Lipinski definition) is 2. The van der Waals surface area contributed by atoms with Crippen molar-refractivity contribution in [2.75, 3.05) is 24.6 Å². The van der Waals surface area contributed by atoms with Gasteiger partial charge < -0.3 is 10.4 Å². The van der Waals surface area contributed by atoms with Crippen molar-refractivity contribution in [3.05, 3.63) is 0 Å². The topological polar surface area (TPSA) is 32.3 Å². The predicted molar refractivity (Wildman–Crippen MR) is 75.5 cm³/mol. The standard InChI is InChI=1S/C14H27NOS/c1-13(2)5-3-12(4-6-13)9-15-10-14(16)7-8-17-11-14/h12,15-16H,3-11H2,1-2H3. The maximum atomic E-state index is 10.2. The second kappa shape index (κ2) is 5.50. The van der Waals surface area contributed by atoms with Gasteiger partial charge >= 0.3 is 0 Å². The van der Waals surface area contributed by atoms with Gasteiger partial charge in [0, 0.05) is 12.3 Å². The first-order chi connectivity index (χ1) is 7.99. The first-order valence-corrected chi connectivity index (χ1v) is 8.16. The zero-order valence-electron chi connectivity index (χ0n) is 11.3. The van der Waals surface area contributed by atoms with E-state index in [-0.39, 0.29) is 0 Å². The van der Waals surface area contributed by atoms with Crippen LogP contribution in [0.3, 0.4) is 0 Å². The van der Waals surface area contributed by atoms with E-state index in [1.54, 1.807) is 0 Å². The van der Waals surface area contributed by atoms with Gasteiger partial charge in [-0.3, -0.25) is 0 Å². The van der Waals surface area contributed by atoms with Crippen LogP contribution in [-0.4, -0.2) is 35.3 Å². The van der Waals surface area contributed by atoms with Crippen molar-refractivity contribution >= 4 is 11.8 Å². The molecule has 1 aliphatic carbocycles. The molecule has 1 aliphatic heterocycles. The summed E-state index contributed by atoms with van der Waals surface area (Å²) in [6, 6.07) is 0. The van der Waals surface area contributed by atoms with Gasteiger partial charge in [0.05, 0.1) is 5.60 Å². The van der Waals surface area contributed by atoms with Gasteiger partial charge in [-0.15, -0.1) is 0 Å². The van der Waals surface area contributed by atoms with E-state index >= 15 is 0 Å². The molecule has 0 aromatic carbocycles. The Labute approximate surface area is 110 Å². The predicted octanol–water partition coefficient (Wildman–Crippen LogP) is 2.66. The fraction of sp³-hybridized carbons (Fsp3) is 1.00. The molecule has 0 bridgehead atoms. The van der Waals surface area contributed by atoms with E-state index in [1.165, 1.54) is 25.7 Å². The highest BCUT2D eigenvalue weighted by molar-refractivity contribution is 7.99. The summed E-state index contributed by atoms with van der Waals surface area (Å²) in [6.07, 6.45) is 6.39. The zero-order valence-corrected chi connectivity index (χ0v) is 12.1. The van der Waals surface area contributed by atoms with E-state index in [4.69, 9.17) is 0 Å². The van der Waals surface area contributed by atoms with Crippen molar-refractivity contribution in [1.82, 2.24) is 5.32 Å². The van der Waals surface area contributed by atoms with Gasteiger partial charge in [-0.1, -0.05) is 13.8 Å². The average molecular weight is 257 g/mol. The molecule has 0 aromatic heterocycles. The Bertz CT molecular complexity index is 239. The Balaban J connectivity index is 1.63. The van der Waals surface area contributed by atoms with Crippen LogP contribution in [0.2, 0.25) is 0 Å². The van der Waals surface area contributed by atoms with Crippen molar-refractivity contribution in [2.24, 2.45) is 11.3 Å². The zero-order chi connectivity index (χ0) is 12.4. The largest absolute Gasteiger partial charge is 0.388 e. The number of hydrogen-bond acceptors (Lipinski definition) is 3. The molecule has 1 unspecified atom stereocenters. The van der Waals surface area contributed by atoms with Crippen LogP contribution >= 0.6 is 11.8 Å². The van der Waals surface area contributed by atoms with Crippen LogP contribution in [0.5, 0.6) is 0 Å². The molecule has 1 saturated carbocycles. The highest BCUT2D eigenvalue weighted by Crippen LogP contribution is 2.37. The molecule has 3 heteroatoms. The molecule has 2 rings (SSSR count). The van der Waals surface area contributed by atoms with Gasteiger partial charge in [0.2, 0.25) is 0 Å². The van der Waals surface area contributed by atoms with Gasteiger partial charge in [0.15, 0.2) is 0 Å². The van der Waals surface area contributed by atoms with Gasteiger partial charge in [-0.2, -0.15) is 11.8 Å². The quantitative estimate of drug-likeness (QED) is 0.812. The van der Waals surface area contributed by atoms with E-state index in [0.717, 1.165) is 36.9 Å². The molecule has 1 heterocycles. The van der Waals surface area contributed by atoms with Crippen LogP contribution in [-0.2, 0) is 0 Å². The van der Waals surface area contributed by atoms with Gasteiger partial charge in [-0.25, -0.2) is 0 Å². The lowest BCUT2D eigenvalue weighted by Crippen LogP contribution is -2.42. The van der Waals surface area contributed by atoms with E-state index in [9.17, 15) is 5.11 Å². The normalized spacial score (nSPS) is 34.1. The molecular weight excluding hydrogens is 230 g/mol. The molecule has 2 nitrogen and oxygen atoms in total. The van der Waals surface area contributed by atoms with Crippen LogP contribution in [0.25, 0.3) is 0 Å². The van der Waals surface area contributed by atoms with Crippen molar-refractivity contribution in [3.63, 3.8) is 0 Å². The lowest BCUT2D eigenvalue weighted by molar-refractivity contribution is 0.0651. The van der Waals surface area contributed by atoms with Crippen molar-refractivity contribution < 1.29 is 5.11 Å². The summed E-state index contributed by atoms with van der Waals surface area (Å²) in [7, 11) is 0. The van der Waals surface area contributed by atoms with E-state index in [0.29, 0.717) is 5.41 Å². The molecule has 17 heavy (non-hydrogen) atoms. The molecule has 0 spiro atoms. The molecule has 0 radical (unpaired) electrons. The van der Waals surface area contributed by atoms with Gasteiger partial charge in [-0.05, 0) is 55.7 Å². The average Bonchev–Trinajstić information content (AvgIpc) is 2.68. The number of nitrogens with one attached hydrogen (secondary N) is 1. The molecule has 2 N–H and O–H groups in total. The molecule has 2 fully saturated rings. The third-order valence-electron chi connectivity index (χ3n) is 4.43. The monoisotopic (exact) mass is 257 g/mol. The third-order valence-corrected chi connectivity index (χ3v) is 5.66. The minimum absolute atomic E-state index is 0.418. The Hall–Kier alpha value is 0.270. The van der Waals surface area contributed by atoms with Crippen LogP contribution in [0.15, 0.2) is 0 Å². The van der Waals surface area contributed by atoms with E-state index < -0.39 is 5.60 Å². The van der Waals surface area contributed by atoms with Gasteiger partial charge in [0.1, 0.15) is 0 Å². The van der Waals surface area contributed by atoms with Crippen molar-refractivity contribution in [2.45, 2.75) is 51.6 Å². The smallest absolute Gasteiger partial charge is 0.0869 e. The Kier molecular flexibility index (Phi) is 4.43. The summed E-state index contributed by atoms with van der Waals surface area (Å²) >= 11 is 1.88. The molecular formula is C14H27NOS. The Morgan fingerprint density at radius 1 is 1.24 bits per heavy atom. The maximum Gasteiger partial charge on any atom is 0.0869 e. The highest BCUT2D eigenvalue weighted by Gasteiger charge is 2.32. The second-order valence-corrected chi connectivity index (χ2v) is 7.87. The fourth-order valence-corrected chi connectivity index (χ4v) is 4.20. The summed E-state index contributed by atoms with van der Waals surface area (Å²) in [5, 5.41) is 13.7.